The fraction of sp³-hybridized carbons (Fsp3) is 0.143. The van der Waals surface area contributed by atoms with E-state index in [-0.39, 0.29) is 6.04 Å². The Balaban J connectivity index is 1.96. The first-order valence-electron chi connectivity index (χ1n) is 6.21. The number of nitrogens with zero attached hydrogens (tertiary/aromatic N) is 2. The Hall–Kier alpha value is -1.85. The fourth-order valence-electron chi connectivity index (χ4n) is 2.64. The Morgan fingerprint density at radius 3 is 3.15 bits per heavy atom. The van der Waals surface area contributed by atoms with Crippen LogP contribution in [-0.4, -0.2) is 21.1 Å². The van der Waals surface area contributed by atoms with E-state index >= 15 is 0 Å². The monoisotopic (exact) mass is 303 g/mol. The predicted molar refractivity (Wildman–Crippen MR) is 80.0 cm³/mol. The molecule has 2 aromatic heterocycles. The Morgan fingerprint density at radius 1 is 1.40 bits per heavy atom. The summed E-state index contributed by atoms with van der Waals surface area (Å²) in [6.45, 7) is 0.560. The highest BCUT2D eigenvalue weighted by Gasteiger charge is 2.27. The van der Waals surface area contributed by atoms with Gasteiger partial charge in [-0.1, -0.05) is 29.8 Å². The van der Waals surface area contributed by atoms with Crippen molar-refractivity contribution in [3.8, 4) is 5.75 Å². The zero-order valence-corrected chi connectivity index (χ0v) is 11.9. The van der Waals surface area contributed by atoms with E-state index in [2.05, 4.69) is 16.0 Å². The number of imidazole rings is 1. The molecule has 0 radical (unpaired) electrons. The summed E-state index contributed by atoms with van der Waals surface area (Å²) in [5.41, 5.74) is 2.76. The standard InChI is InChI=1S/C14H10ClN3OS/c15-8-5-10-13(16-6-8)18(14(20)17-10)11-7-19-12-4-2-1-3-9(11)12/h1-6,11H,7H2,(H,17,20). The number of fused-ring (bicyclic) bond motifs is 2. The van der Waals surface area contributed by atoms with Crippen molar-refractivity contribution in [2.45, 2.75) is 6.04 Å². The van der Waals surface area contributed by atoms with Gasteiger partial charge >= 0.3 is 0 Å². The maximum atomic E-state index is 5.97. The minimum Gasteiger partial charge on any atom is -0.491 e. The molecule has 20 heavy (non-hydrogen) atoms. The molecular formula is C14H10ClN3OS. The molecule has 1 atom stereocenters. The normalized spacial score (nSPS) is 17.1. The molecule has 100 valence electrons. The van der Waals surface area contributed by atoms with Crippen LogP contribution in [0.25, 0.3) is 11.2 Å². The Morgan fingerprint density at radius 2 is 2.25 bits per heavy atom. The van der Waals surface area contributed by atoms with Gasteiger partial charge in [-0.25, -0.2) is 4.98 Å². The number of ether oxygens (including phenoxy) is 1. The third-order valence-electron chi connectivity index (χ3n) is 3.51. The van der Waals surface area contributed by atoms with Gasteiger partial charge in [-0.3, -0.25) is 4.57 Å². The number of hydrogen-bond acceptors (Lipinski definition) is 3. The van der Waals surface area contributed by atoms with Crippen molar-refractivity contribution in [1.82, 2.24) is 14.5 Å². The number of para-hydroxylation sites is 1. The zero-order chi connectivity index (χ0) is 13.7. The minimum absolute atomic E-state index is 0.0427. The van der Waals surface area contributed by atoms with E-state index in [1.54, 1.807) is 6.20 Å². The van der Waals surface area contributed by atoms with Crippen molar-refractivity contribution in [2.24, 2.45) is 0 Å². The number of nitrogens with one attached hydrogen (secondary N) is 1. The number of H-pyrrole nitrogens is 1. The van der Waals surface area contributed by atoms with Crippen molar-refractivity contribution >= 4 is 35.0 Å². The van der Waals surface area contributed by atoms with E-state index in [1.165, 1.54) is 0 Å². The maximum Gasteiger partial charge on any atom is 0.179 e. The number of halogens is 1. The average molecular weight is 304 g/mol. The first kappa shape index (κ1) is 11.9. The fourth-order valence-corrected chi connectivity index (χ4v) is 3.12. The summed E-state index contributed by atoms with van der Waals surface area (Å²) in [4.78, 5) is 7.55. The molecule has 0 saturated heterocycles. The summed E-state index contributed by atoms with van der Waals surface area (Å²) in [6.07, 6.45) is 1.63. The van der Waals surface area contributed by atoms with Gasteiger partial charge in [0, 0.05) is 11.8 Å². The molecule has 3 heterocycles. The van der Waals surface area contributed by atoms with Crippen molar-refractivity contribution in [1.29, 1.82) is 0 Å². The lowest BCUT2D eigenvalue weighted by Crippen LogP contribution is -2.12. The van der Waals surface area contributed by atoms with Gasteiger partial charge in [0.2, 0.25) is 0 Å². The molecule has 1 aromatic carbocycles. The van der Waals surface area contributed by atoms with Crippen LogP contribution in [0.5, 0.6) is 5.75 Å². The number of aromatic amines is 1. The molecule has 0 bridgehead atoms. The summed E-state index contributed by atoms with van der Waals surface area (Å²) in [6, 6.07) is 9.87. The van der Waals surface area contributed by atoms with E-state index in [1.807, 2.05) is 28.8 Å². The lowest BCUT2D eigenvalue weighted by molar-refractivity contribution is 0.317. The number of aromatic nitrogens is 3. The topological polar surface area (TPSA) is 42.8 Å². The van der Waals surface area contributed by atoms with E-state index in [9.17, 15) is 0 Å². The van der Waals surface area contributed by atoms with E-state index in [0.29, 0.717) is 16.4 Å². The summed E-state index contributed by atoms with van der Waals surface area (Å²) >= 11 is 11.4. The second kappa shape index (κ2) is 4.33. The average Bonchev–Trinajstić information content (AvgIpc) is 2.98. The highest BCUT2D eigenvalue weighted by Crippen LogP contribution is 2.36. The molecule has 6 heteroatoms. The van der Waals surface area contributed by atoms with Crippen LogP contribution in [0.2, 0.25) is 5.02 Å². The molecule has 1 N–H and O–H groups in total. The van der Waals surface area contributed by atoms with Gasteiger partial charge in [0.05, 0.1) is 10.5 Å². The SMILES string of the molecule is S=c1[nH]c2cc(Cl)cnc2n1C1COc2ccccc21. The van der Waals surface area contributed by atoms with Crippen LogP contribution in [0.4, 0.5) is 0 Å². The highest BCUT2D eigenvalue weighted by molar-refractivity contribution is 7.71. The molecule has 4 rings (SSSR count). The van der Waals surface area contributed by atoms with Crippen LogP contribution in [0.1, 0.15) is 11.6 Å². The summed E-state index contributed by atoms with van der Waals surface area (Å²) in [5.74, 6) is 0.905. The van der Waals surface area contributed by atoms with Crippen LogP contribution in [0.3, 0.4) is 0 Å². The number of hydrogen-bond donors (Lipinski definition) is 1. The van der Waals surface area contributed by atoms with Crippen molar-refractivity contribution in [3.63, 3.8) is 0 Å². The third kappa shape index (κ3) is 1.67. The van der Waals surface area contributed by atoms with E-state index in [0.717, 1.165) is 22.5 Å². The van der Waals surface area contributed by atoms with Crippen molar-refractivity contribution < 1.29 is 4.74 Å². The third-order valence-corrected chi connectivity index (χ3v) is 4.01. The van der Waals surface area contributed by atoms with Gasteiger partial charge in [0.1, 0.15) is 18.4 Å². The van der Waals surface area contributed by atoms with Crippen LogP contribution < -0.4 is 4.74 Å². The Bertz CT molecular complexity index is 870. The summed E-state index contributed by atoms with van der Waals surface area (Å²) in [5, 5.41) is 0.587. The van der Waals surface area contributed by atoms with Crippen LogP contribution in [0.15, 0.2) is 36.5 Å². The molecule has 0 saturated carbocycles. The molecule has 1 unspecified atom stereocenters. The van der Waals surface area contributed by atoms with Crippen molar-refractivity contribution in [2.75, 3.05) is 6.61 Å². The Kier molecular flexibility index (Phi) is 2.58. The van der Waals surface area contributed by atoms with Gasteiger partial charge in [-0.2, -0.15) is 0 Å². The highest BCUT2D eigenvalue weighted by atomic mass is 35.5. The van der Waals surface area contributed by atoms with Gasteiger partial charge in [-0.05, 0) is 24.4 Å². The lowest BCUT2D eigenvalue weighted by Gasteiger charge is -2.11. The molecule has 0 amide bonds. The summed E-state index contributed by atoms with van der Waals surface area (Å²) < 4.78 is 8.35. The first-order chi connectivity index (χ1) is 9.74. The minimum atomic E-state index is 0.0427. The van der Waals surface area contributed by atoms with Gasteiger partial charge in [0.15, 0.2) is 10.4 Å². The van der Waals surface area contributed by atoms with Gasteiger partial charge < -0.3 is 9.72 Å². The Labute approximate surface area is 125 Å². The molecular weight excluding hydrogens is 294 g/mol. The van der Waals surface area contributed by atoms with Gasteiger partial charge in [-0.15, -0.1) is 0 Å². The summed E-state index contributed by atoms with van der Waals surface area (Å²) in [7, 11) is 0. The second-order valence-electron chi connectivity index (χ2n) is 4.69. The predicted octanol–water partition coefficient (Wildman–Crippen LogP) is 3.73. The maximum absolute atomic E-state index is 5.97. The molecule has 0 aliphatic carbocycles. The second-order valence-corrected chi connectivity index (χ2v) is 5.51. The molecule has 0 fully saturated rings. The largest absolute Gasteiger partial charge is 0.491 e. The molecule has 1 aliphatic rings. The quantitative estimate of drug-likeness (QED) is 0.697. The van der Waals surface area contributed by atoms with E-state index < -0.39 is 0 Å². The smallest absolute Gasteiger partial charge is 0.179 e. The lowest BCUT2D eigenvalue weighted by atomic mass is 10.1. The number of benzene rings is 1. The van der Waals surface area contributed by atoms with Crippen molar-refractivity contribution in [3.05, 3.63) is 51.9 Å². The number of pyridine rings is 1. The van der Waals surface area contributed by atoms with Crippen LogP contribution >= 0.6 is 23.8 Å². The zero-order valence-electron chi connectivity index (χ0n) is 10.3. The molecule has 1 aliphatic heterocycles. The molecule has 0 spiro atoms. The first-order valence-corrected chi connectivity index (χ1v) is 7.00. The molecule has 4 nitrogen and oxygen atoms in total. The van der Waals surface area contributed by atoms with E-state index in [4.69, 9.17) is 28.6 Å². The molecule has 3 aromatic rings. The van der Waals surface area contributed by atoms with Crippen LogP contribution in [0, 0.1) is 4.77 Å². The van der Waals surface area contributed by atoms with Gasteiger partial charge in [0.25, 0.3) is 0 Å². The van der Waals surface area contributed by atoms with Crippen LogP contribution in [-0.2, 0) is 0 Å². The number of rotatable bonds is 1.